The van der Waals surface area contributed by atoms with Crippen molar-refractivity contribution in [3.63, 3.8) is 0 Å². The van der Waals surface area contributed by atoms with Crippen molar-refractivity contribution >= 4 is 11.3 Å². The summed E-state index contributed by atoms with van der Waals surface area (Å²) in [5.74, 6) is 0. The Labute approximate surface area is 109 Å². The van der Waals surface area contributed by atoms with Crippen LogP contribution in [0, 0.1) is 6.92 Å². The first-order valence-corrected chi connectivity index (χ1v) is 6.95. The van der Waals surface area contributed by atoms with Crippen LogP contribution in [0.4, 0.5) is 0 Å². The van der Waals surface area contributed by atoms with E-state index in [-0.39, 0.29) is 0 Å². The molecule has 2 nitrogen and oxygen atoms in total. The molecule has 0 saturated carbocycles. The molecule has 0 bridgehead atoms. The van der Waals surface area contributed by atoms with E-state index >= 15 is 0 Å². The summed E-state index contributed by atoms with van der Waals surface area (Å²) in [6, 6.07) is 2.79. The summed E-state index contributed by atoms with van der Waals surface area (Å²) in [5.41, 5.74) is 1.32. The van der Waals surface area contributed by atoms with Crippen molar-refractivity contribution in [3.05, 3.63) is 33.5 Å². The van der Waals surface area contributed by atoms with E-state index in [4.69, 9.17) is 4.74 Å². The van der Waals surface area contributed by atoms with Crippen LogP contribution in [0.5, 0.6) is 0 Å². The maximum absolute atomic E-state index is 5.58. The van der Waals surface area contributed by atoms with Gasteiger partial charge in [0.2, 0.25) is 0 Å². The first-order chi connectivity index (χ1) is 8.13. The molecule has 1 aromatic heterocycles. The standard InChI is InChI=1S/C14H23NOS/c1-5-6-7-16-10-13-8-14(17-12(13)4)9-15-11(2)3/h5-6,8,11,15H,7,9-10H2,1-4H3/b6-5+. The van der Waals surface area contributed by atoms with E-state index in [0.717, 1.165) is 6.54 Å². The van der Waals surface area contributed by atoms with Crippen molar-refractivity contribution in [1.82, 2.24) is 5.32 Å². The third kappa shape index (κ3) is 5.48. The fourth-order valence-electron chi connectivity index (χ4n) is 1.46. The van der Waals surface area contributed by atoms with E-state index in [1.165, 1.54) is 15.3 Å². The summed E-state index contributed by atoms with van der Waals surface area (Å²) >= 11 is 1.86. The van der Waals surface area contributed by atoms with Gasteiger partial charge in [0.1, 0.15) is 0 Å². The third-order valence-electron chi connectivity index (χ3n) is 2.46. The highest BCUT2D eigenvalue weighted by molar-refractivity contribution is 7.12. The highest BCUT2D eigenvalue weighted by atomic mass is 32.1. The van der Waals surface area contributed by atoms with Gasteiger partial charge in [-0.2, -0.15) is 0 Å². The quantitative estimate of drug-likeness (QED) is 0.591. The summed E-state index contributed by atoms with van der Waals surface area (Å²) in [6.07, 6.45) is 4.04. The van der Waals surface area contributed by atoms with Crippen molar-refractivity contribution in [2.24, 2.45) is 0 Å². The van der Waals surface area contributed by atoms with E-state index < -0.39 is 0 Å². The normalized spacial score (nSPS) is 11.8. The Morgan fingerprint density at radius 3 is 2.88 bits per heavy atom. The van der Waals surface area contributed by atoms with Gasteiger partial charge in [0, 0.05) is 22.3 Å². The first-order valence-electron chi connectivity index (χ1n) is 6.14. The van der Waals surface area contributed by atoms with Crippen molar-refractivity contribution in [2.45, 2.75) is 46.9 Å². The zero-order valence-electron chi connectivity index (χ0n) is 11.2. The zero-order chi connectivity index (χ0) is 12.7. The van der Waals surface area contributed by atoms with Crippen LogP contribution in [0.25, 0.3) is 0 Å². The highest BCUT2D eigenvalue weighted by Crippen LogP contribution is 2.22. The van der Waals surface area contributed by atoms with Crippen LogP contribution in [0.1, 0.15) is 36.1 Å². The van der Waals surface area contributed by atoms with Gasteiger partial charge >= 0.3 is 0 Å². The molecular weight excluding hydrogens is 230 g/mol. The van der Waals surface area contributed by atoms with Gasteiger partial charge in [-0.3, -0.25) is 0 Å². The maximum Gasteiger partial charge on any atom is 0.0731 e. The minimum absolute atomic E-state index is 0.534. The number of thiophene rings is 1. The topological polar surface area (TPSA) is 21.3 Å². The largest absolute Gasteiger partial charge is 0.373 e. The number of hydrogen-bond donors (Lipinski definition) is 1. The molecule has 3 heteroatoms. The maximum atomic E-state index is 5.58. The lowest BCUT2D eigenvalue weighted by atomic mass is 10.2. The van der Waals surface area contributed by atoms with Crippen molar-refractivity contribution < 1.29 is 4.74 Å². The molecular formula is C14H23NOS. The van der Waals surface area contributed by atoms with Crippen LogP contribution < -0.4 is 5.32 Å². The molecule has 1 aromatic rings. The van der Waals surface area contributed by atoms with Crippen molar-refractivity contribution in [1.29, 1.82) is 0 Å². The fraction of sp³-hybridized carbons (Fsp3) is 0.571. The van der Waals surface area contributed by atoms with Crippen LogP contribution in [0.3, 0.4) is 0 Å². The predicted molar refractivity (Wildman–Crippen MR) is 75.5 cm³/mol. The molecule has 17 heavy (non-hydrogen) atoms. The van der Waals surface area contributed by atoms with Gasteiger partial charge in [0.25, 0.3) is 0 Å². The van der Waals surface area contributed by atoms with Crippen molar-refractivity contribution in [2.75, 3.05) is 6.61 Å². The van der Waals surface area contributed by atoms with E-state index in [0.29, 0.717) is 19.3 Å². The van der Waals surface area contributed by atoms with Gasteiger partial charge in [-0.25, -0.2) is 0 Å². The van der Waals surface area contributed by atoms with Gasteiger partial charge in [-0.05, 0) is 25.5 Å². The van der Waals surface area contributed by atoms with Gasteiger partial charge < -0.3 is 10.1 Å². The van der Waals surface area contributed by atoms with Gasteiger partial charge in [0.05, 0.1) is 13.2 Å². The molecule has 1 rings (SSSR count). The van der Waals surface area contributed by atoms with Crippen molar-refractivity contribution in [3.8, 4) is 0 Å². The number of ether oxygens (including phenoxy) is 1. The van der Waals surface area contributed by atoms with Crippen LogP contribution >= 0.6 is 11.3 Å². The number of nitrogens with one attached hydrogen (secondary N) is 1. The van der Waals surface area contributed by atoms with E-state index in [1.54, 1.807) is 0 Å². The van der Waals surface area contributed by atoms with Gasteiger partial charge in [-0.15, -0.1) is 11.3 Å². The number of aryl methyl sites for hydroxylation is 1. The zero-order valence-corrected chi connectivity index (χ0v) is 12.1. The molecule has 1 heterocycles. The predicted octanol–water partition coefficient (Wildman–Crippen LogP) is 3.65. The Bertz CT molecular complexity index is 355. The SMILES string of the molecule is C/C=C/COCc1cc(CNC(C)C)sc1C. The highest BCUT2D eigenvalue weighted by Gasteiger charge is 2.05. The molecule has 96 valence electrons. The third-order valence-corrected chi connectivity index (χ3v) is 3.56. The molecule has 0 aliphatic heterocycles. The average Bonchev–Trinajstić information content (AvgIpc) is 2.63. The van der Waals surface area contributed by atoms with Gasteiger partial charge in [0.15, 0.2) is 0 Å². The monoisotopic (exact) mass is 253 g/mol. The number of hydrogen-bond acceptors (Lipinski definition) is 3. The lowest BCUT2D eigenvalue weighted by Crippen LogP contribution is -2.21. The molecule has 0 fully saturated rings. The Morgan fingerprint density at radius 1 is 1.47 bits per heavy atom. The molecule has 0 saturated heterocycles. The average molecular weight is 253 g/mol. The molecule has 0 aliphatic rings. The van der Waals surface area contributed by atoms with Crippen LogP contribution in [-0.4, -0.2) is 12.6 Å². The summed E-state index contributed by atoms with van der Waals surface area (Å²) in [5, 5.41) is 3.44. The second kappa shape index (κ2) is 7.64. The Morgan fingerprint density at radius 2 is 2.24 bits per heavy atom. The molecule has 0 spiro atoms. The minimum Gasteiger partial charge on any atom is -0.373 e. The fourth-order valence-corrected chi connectivity index (χ4v) is 2.45. The number of rotatable bonds is 7. The molecule has 0 amide bonds. The lowest BCUT2D eigenvalue weighted by Gasteiger charge is -2.05. The van der Waals surface area contributed by atoms with E-state index in [1.807, 2.05) is 30.4 Å². The summed E-state index contributed by atoms with van der Waals surface area (Å²) in [6.45, 7) is 10.9. The summed E-state index contributed by atoms with van der Waals surface area (Å²) in [7, 11) is 0. The van der Waals surface area contributed by atoms with E-state index in [9.17, 15) is 0 Å². The van der Waals surface area contributed by atoms with Crippen LogP contribution in [0.2, 0.25) is 0 Å². The second-order valence-corrected chi connectivity index (χ2v) is 5.75. The molecule has 0 radical (unpaired) electrons. The first kappa shape index (κ1) is 14.4. The minimum atomic E-state index is 0.534. The Kier molecular flexibility index (Phi) is 6.48. The number of allylic oxidation sites excluding steroid dienone is 1. The molecule has 0 aromatic carbocycles. The van der Waals surface area contributed by atoms with E-state index in [2.05, 4.69) is 32.2 Å². The molecule has 0 aliphatic carbocycles. The Hall–Kier alpha value is -0.640. The molecule has 1 N–H and O–H groups in total. The van der Waals surface area contributed by atoms with Gasteiger partial charge in [-0.1, -0.05) is 26.0 Å². The Balaban J connectivity index is 2.44. The van der Waals surface area contributed by atoms with Crippen LogP contribution in [-0.2, 0) is 17.9 Å². The summed E-state index contributed by atoms with van der Waals surface area (Å²) in [4.78, 5) is 2.76. The lowest BCUT2D eigenvalue weighted by molar-refractivity contribution is 0.148. The molecule has 0 unspecified atom stereocenters. The second-order valence-electron chi connectivity index (χ2n) is 4.41. The smallest absolute Gasteiger partial charge is 0.0731 e. The molecule has 0 atom stereocenters. The van der Waals surface area contributed by atoms with Crippen LogP contribution in [0.15, 0.2) is 18.2 Å². The summed E-state index contributed by atoms with van der Waals surface area (Å²) < 4.78 is 5.58.